The minimum absolute atomic E-state index is 0.154. The van der Waals surface area contributed by atoms with Gasteiger partial charge in [0.05, 0.1) is 0 Å². The van der Waals surface area contributed by atoms with Gasteiger partial charge >= 0.3 is 0 Å². The predicted molar refractivity (Wildman–Crippen MR) is 69.3 cm³/mol. The minimum atomic E-state index is 0.154. The average Bonchev–Trinajstić information content (AvgIpc) is 2.16. The summed E-state index contributed by atoms with van der Waals surface area (Å²) in [4.78, 5) is 1.29. The monoisotopic (exact) mass is 221 g/mol. The van der Waals surface area contributed by atoms with Crippen molar-refractivity contribution < 1.29 is 0 Å². The van der Waals surface area contributed by atoms with Gasteiger partial charge in [0.2, 0.25) is 0 Å². The lowest BCUT2D eigenvalue weighted by molar-refractivity contribution is 0.927. The molecule has 0 amide bonds. The normalized spacial score (nSPS) is 12.3. The Morgan fingerprint density at radius 1 is 1.33 bits per heavy atom. The third-order valence-electron chi connectivity index (χ3n) is 2.01. The van der Waals surface area contributed by atoms with Crippen molar-refractivity contribution in [1.29, 1.82) is 0 Å². The molecular weight excluding hydrogens is 202 g/mol. The second kappa shape index (κ2) is 5.99. The van der Waals surface area contributed by atoms with Crippen molar-refractivity contribution >= 4 is 11.8 Å². The molecule has 0 bridgehead atoms. The maximum atomic E-state index is 5.96. The molecule has 0 fully saturated rings. The summed E-state index contributed by atoms with van der Waals surface area (Å²) in [6.07, 6.45) is 2.11. The van der Waals surface area contributed by atoms with E-state index in [-0.39, 0.29) is 6.04 Å². The van der Waals surface area contributed by atoms with Crippen LogP contribution in [0.5, 0.6) is 0 Å². The third kappa shape index (κ3) is 5.05. The van der Waals surface area contributed by atoms with Crippen LogP contribution in [-0.4, -0.2) is 11.8 Å². The van der Waals surface area contributed by atoms with Crippen LogP contribution < -0.4 is 5.73 Å². The van der Waals surface area contributed by atoms with Gasteiger partial charge in [-0.1, -0.05) is 29.3 Å². The van der Waals surface area contributed by atoms with Gasteiger partial charge in [0, 0.05) is 16.7 Å². The van der Waals surface area contributed by atoms with E-state index in [0.717, 1.165) is 5.75 Å². The quantitative estimate of drug-likeness (QED) is 0.623. The van der Waals surface area contributed by atoms with E-state index in [1.54, 1.807) is 0 Å². The highest BCUT2D eigenvalue weighted by atomic mass is 32.2. The summed E-state index contributed by atoms with van der Waals surface area (Å²) in [7, 11) is 0. The first-order valence-electron chi connectivity index (χ1n) is 5.18. The molecule has 0 spiro atoms. The van der Waals surface area contributed by atoms with Gasteiger partial charge in [0.1, 0.15) is 0 Å². The van der Waals surface area contributed by atoms with Crippen molar-refractivity contribution in [2.45, 2.75) is 31.7 Å². The number of rotatable bonds is 4. The Kier molecular flexibility index (Phi) is 4.92. The van der Waals surface area contributed by atoms with Crippen LogP contribution in [0.25, 0.3) is 0 Å². The zero-order valence-corrected chi connectivity index (χ0v) is 10.5. The van der Waals surface area contributed by atoms with Crippen LogP contribution in [0.15, 0.2) is 40.8 Å². The third-order valence-corrected chi connectivity index (χ3v) is 3.17. The van der Waals surface area contributed by atoms with Gasteiger partial charge in [-0.15, -0.1) is 11.8 Å². The lowest BCUT2D eigenvalue weighted by Crippen LogP contribution is -2.19. The smallest absolute Gasteiger partial charge is 0.0321 e. The van der Waals surface area contributed by atoms with E-state index >= 15 is 0 Å². The second-order valence-corrected chi connectivity index (χ2v) is 5.13. The molecule has 1 aromatic rings. The zero-order chi connectivity index (χ0) is 11.3. The lowest BCUT2D eigenvalue weighted by atomic mass is 10.2. The molecule has 0 saturated heterocycles. The van der Waals surface area contributed by atoms with Crippen LogP contribution in [0.3, 0.4) is 0 Å². The lowest BCUT2D eigenvalue weighted by Gasteiger charge is -2.07. The highest BCUT2D eigenvalue weighted by Crippen LogP contribution is 2.19. The molecule has 1 rings (SSSR count). The first kappa shape index (κ1) is 12.3. The Labute approximate surface area is 96.8 Å². The maximum absolute atomic E-state index is 5.96. The van der Waals surface area contributed by atoms with Crippen molar-refractivity contribution in [3.8, 4) is 0 Å². The molecular formula is C13H19NS. The Bertz CT molecular complexity index is 323. The Balaban J connectivity index is 2.43. The first-order chi connectivity index (χ1) is 7.08. The highest BCUT2D eigenvalue weighted by Gasteiger charge is 1.99. The largest absolute Gasteiger partial charge is 0.324 e. The van der Waals surface area contributed by atoms with E-state index < -0.39 is 0 Å². The summed E-state index contributed by atoms with van der Waals surface area (Å²) in [6.45, 7) is 6.26. The molecule has 1 atom stereocenters. The minimum Gasteiger partial charge on any atom is -0.324 e. The fraction of sp³-hybridized carbons (Fsp3) is 0.385. The summed E-state index contributed by atoms with van der Waals surface area (Å²) in [6, 6.07) is 8.72. The Morgan fingerprint density at radius 3 is 2.47 bits per heavy atom. The first-order valence-corrected chi connectivity index (χ1v) is 6.16. The highest BCUT2D eigenvalue weighted by molar-refractivity contribution is 7.99. The van der Waals surface area contributed by atoms with Gasteiger partial charge < -0.3 is 5.73 Å². The summed E-state index contributed by atoms with van der Waals surface area (Å²) in [5, 5.41) is 0. The molecule has 0 radical (unpaired) electrons. The molecule has 0 aliphatic carbocycles. The number of nitrogens with two attached hydrogens (primary N) is 1. The summed E-state index contributed by atoms with van der Waals surface area (Å²) < 4.78 is 0. The molecule has 1 unspecified atom stereocenters. The van der Waals surface area contributed by atoms with Gasteiger partial charge in [-0.05, 0) is 32.9 Å². The van der Waals surface area contributed by atoms with E-state index in [9.17, 15) is 0 Å². The number of thioether (sulfide) groups is 1. The molecule has 1 aromatic carbocycles. The van der Waals surface area contributed by atoms with E-state index in [1.807, 2.05) is 11.8 Å². The van der Waals surface area contributed by atoms with Gasteiger partial charge in [-0.2, -0.15) is 0 Å². The number of allylic oxidation sites excluding steroid dienone is 1. The van der Waals surface area contributed by atoms with Crippen LogP contribution in [-0.2, 0) is 0 Å². The molecule has 2 N–H and O–H groups in total. The average molecular weight is 221 g/mol. The van der Waals surface area contributed by atoms with Crippen LogP contribution in [0.2, 0.25) is 0 Å². The van der Waals surface area contributed by atoms with Crippen molar-refractivity contribution in [2.75, 3.05) is 5.75 Å². The van der Waals surface area contributed by atoms with E-state index in [4.69, 9.17) is 5.73 Å². The van der Waals surface area contributed by atoms with Crippen molar-refractivity contribution in [1.82, 2.24) is 0 Å². The van der Waals surface area contributed by atoms with E-state index in [1.165, 1.54) is 16.0 Å². The topological polar surface area (TPSA) is 26.0 Å². The van der Waals surface area contributed by atoms with E-state index in [0.29, 0.717) is 0 Å². The molecule has 82 valence electrons. The molecule has 0 saturated carbocycles. The molecule has 1 nitrogen and oxygen atoms in total. The van der Waals surface area contributed by atoms with Gasteiger partial charge in [0.15, 0.2) is 0 Å². The Hall–Kier alpha value is -0.730. The van der Waals surface area contributed by atoms with Crippen LogP contribution >= 0.6 is 11.8 Å². The van der Waals surface area contributed by atoms with Crippen LogP contribution in [0.1, 0.15) is 19.4 Å². The van der Waals surface area contributed by atoms with Gasteiger partial charge in [0.25, 0.3) is 0 Å². The van der Waals surface area contributed by atoms with E-state index in [2.05, 4.69) is 51.1 Å². The summed E-state index contributed by atoms with van der Waals surface area (Å²) >= 11 is 1.81. The van der Waals surface area contributed by atoms with Crippen molar-refractivity contribution in [2.24, 2.45) is 5.73 Å². The predicted octanol–water partition coefficient (Wildman–Crippen LogP) is 3.38. The van der Waals surface area contributed by atoms with Gasteiger partial charge in [-0.3, -0.25) is 0 Å². The van der Waals surface area contributed by atoms with Crippen LogP contribution in [0, 0.1) is 6.92 Å². The Morgan fingerprint density at radius 2 is 1.93 bits per heavy atom. The fourth-order valence-electron chi connectivity index (χ4n) is 1.30. The molecule has 0 heterocycles. The fourth-order valence-corrected chi connectivity index (χ4v) is 2.11. The van der Waals surface area contributed by atoms with Crippen molar-refractivity contribution in [3.05, 3.63) is 41.5 Å². The maximum Gasteiger partial charge on any atom is 0.0321 e. The second-order valence-electron chi connectivity index (χ2n) is 4.03. The van der Waals surface area contributed by atoms with Crippen molar-refractivity contribution in [3.63, 3.8) is 0 Å². The standard InChI is InChI=1S/C13H19NS/c1-10(2)8-12(14)9-15-13-6-4-11(3)5-7-13/h4-8,12H,9,14H2,1-3H3. The molecule has 2 heteroatoms. The number of benzene rings is 1. The number of hydrogen-bond acceptors (Lipinski definition) is 2. The van der Waals surface area contributed by atoms with Crippen LogP contribution in [0.4, 0.5) is 0 Å². The van der Waals surface area contributed by atoms with Gasteiger partial charge in [-0.25, -0.2) is 0 Å². The molecule has 0 aromatic heterocycles. The zero-order valence-electron chi connectivity index (χ0n) is 9.66. The molecule has 15 heavy (non-hydrogen) atoms. The molecule has 0 aliphatic heterocycles. The summed E-state index contributed by atoms with van der Waals surface area (Å²) in [5.74, 6) is 0.939. The SMILES string of the molecule is CC(C)=CC(N)CSc1ccc(C)cc1. The summed E-state index contributed by atoms with van der Waals surface area (Å²) in [5.41, 5.74) is 8.54. The number of aryl methyl sites for hydroxylation is 1. The molecule has 0 aliphatic rings. The number of hydrogen-bond donors (Lipinski definition) is 1.